The van der Waals surface area contributed by atoms with E-state index in [1.54, 1.807) is 25.3 Å². The minimum Gasteiger partial charge on any atom is -0.507 e. The molecule has 1 N–H and O–H groups in total. The summed E-state index contributed by atoms with van der Waals surface area (Å²) in [5.74, 6) is -0.474. The van der Waals surface area contributed by atoms with E-state index >= 15 is 0 Å². The third kappa shape index (κ3) is 4.76. The monoisotopic (exact) mass is 542 g/mol. The smallest absolute Gasteiger partial charge is 0.301 e. The van der Waals surface area contributed by atoms with Gasteiger partial charge in [0.1, 0.15) is 17.3 Å². The summed E-state index contributed by atoms with van der Waals surface area (Å²) in [7, 11) is 1.57. The van der Waals surface area contributed by atoms with Crippen molar-refractivity contribution in [3.8, 4) is 11.5 Å². The molecule has 8 heteroatoms. The molecule has 1 aliphatic heterocycles. The van der Waals surface area contributed by atoms with Gasteiger partial charge in [0.05, 0.1) is 35.5 Å². The number of aliphatic hydroxyl groups excluding tert-OH is 1. The number of aryl methyl sites for hydroxylation is 3. The summed E-state index contributed by atoms with van der Waals surface area (Å²) < 4.78 is 12.1. The van der Waals surface area contributed by atoms with Crippen LogP contribution in [-0.4, -0.2) is 35.5 Å². The molecule has 0 saturated carbocycles. The van der Waals surface area contributed by atoms with Crippen LogP contribution < -0.4 is 14.4 Å². The number of nitrogens with zero attached hydrogens (tertiary/aromatic N) is 2. The van der Waals surface area contributed by atoms with Crippen LogP contribution in [-0.2, 0) is 9.59 Å². The van der Waals surface area contributed by atoms with Gasteiger partial charge in [-0.15, -0.1) is 0 Å². The molecule has 1 atom stereocenters. The number of thiazole rings is 1. The van der Waals surface area contributed by atoms with Gasteiger partial charge in [-0.25, -0.2) is 4.98 Å². The van der Waals surface area contributed by atoms with Crippen molar-refractivity contribution < 1.29 is 24.2 Å². The van der Waals surface area contributed by atoms with Gasteiger partial charge in [-0.05, 0) is 85.8 Å². The highest BCUT2D eigenvalue weighted by Gasteiger charge is 2.48. The van der Waals surface area contributed by atoms with Crippen LogP contribution in [0, 0.1) is 20.8 Å². The highest BCUT2D eigenvalue weighted by atomic mass is 32.1. The molecule has 1 amide bonds. The number of benzene rings is 3. The van der Waals surface area contributed by atoms with Crippen LogP contribution in [0.3, 0.4) is 0 Å². The molecule has 0 aliphatic carbocycles. The summed E-state index contributed by atoms with van der Waals surface area (Å²) in [5.41, 5.74) is 4.72. The fourth-order valence-corrected chi connectivity index (χ4v) is 6.15. The van der Waals surface area contributed by atoms with Gasteiger partial charge in [0.2, 0.25) is 0 Å². The van der Waals surface area contributed by atoms with Crippen LogP contribution in [0.2, 0.25) is 0 Å². The van der Waals surface area contributed by atoms with Crippen molar-refractivity contribution in [1.29, 1.82) is 0 Å². The maximum Gasteiger partial charge on any atom is 0.301 e. The molecule has 7 nitrogen and oxygen atoms in total. The zero-order valence-electron chi connectivity index (χ0n) is 22.6. The molecule has 1 fully saturated rings. The number of carbonyl (C=O) groups is 2. The Hall–Kier alpha value is -4.17. The van der Waals surface area contributed by atoms with Crippen molar-refractivity contribution in [2.75, 3.05) is 18.6 Å². The summed E-state index contributed by atoms with van der Waals surface area (Å²) in [5, 5.41) is 11.9. The molecule has 1 aliphatic rings. The highest BCUT2D eigenvalue weighted by molar-refractivity contribution is 7.22. The van der Waals surface area contributed by atoms with E-state index in [0.29, 0.717) is 34.4 Å². The number of carbonyl (C=O) groups excluding carboxylic acids is 2. The molecule has 4 aromatic rings. The summed E-state index contributed by atoms with van der Waals surface area (Å²) >= 11 is 1.35. The number of rotatable bonds is 7. The Morgan fingerprint density at radius 1 is 1.05 bits per heavy atom. The van der Waals surface area contributed by atoms with E-state index in [2.05, 4.69) is 0 Å². The zero-order valence-corrected chi connectivity index (χ0v) is 23.4. The van der Waals surface area contributed by atoms with E-state index in [-0.39, 0.29) is 11.3 Å². The fourth-order valence-electron chi connectivity index (χ4n) is 4.98. The lowest BCUT2D eigenvalue weighted by atomic mass is 9.94. The molecule has 3 aromatic carbocycles. The Labute approximate surface area is 231 Å². The lowest BCUT2D eigenvalue weighted by Crippen LogP contribution is -2.29. The van der Waals surface area contributed by atoms with Crippen LogP contribution in [0.15, 0.2) is 60.2 Å². The summed E-state index contributed by atoms with van der Waals surface area (Å²) in [4.78, 5) is 33.4. The molecule has 1 aromatic heterocycles. The van der Waals surface area contributed by atoms with E-state index in [4.69, 9.17) is 14.5 Å². The number of ketones is 1. The Bertz CT molecular complexity index is 1640. The van der Waals surface area contributed by atoms with E-state index in [0.717, 1.165) is 33.3 Å². The van der Waals surface area contributed by atoms with E-state index in [1.165, 1.54) is 16.2 Å². The predicted molar refractivity (Wildman–Crippen MR) is 154 cm³/mol. The summed E-state index contributed by atoms with van der Waals surface area (Å²) in [6.07, 6.45) is 0.837. The predicted octanol–water partition coefficient (Wildman–Crippen LogP) is 6.65. The largest absolute Gasteiger partial charge is 0.507 e. The molecule has 2 heterocycles. The Morgan fingerprint density at radius 3 is 2.56 bits per heavy atom. The van der Waals surface area contributed by atoms with E-state index in [1.807, 2.05) is 64.1 Å². The molecule has 0 radical (unpaired) electrons. The number of aromatic nitrogens is 1. The van der Waals surface area contributed by atoms with Gasteiger partial charge >= 0.3 is 5.91 Å². The number of hydrogen-bond donors (Lipinski definition) is 1. The molecule has 39 heavy (non-hydrogen) atoms. The van der Waals surface area contributed by atoms with Crippen LogP contribution in [0.1, 0.15) is 47.2 Å². The maximum atomic E-state index is 13.6. The van der Waals surface area contributed by atoms with Crippen LogP contribution >= 0.6 is 11.3 Å². The first-order chi connectivity index (χ1) is 18.7. The highest BCUT2D eigenvalue weighted by Crippen LogP contribution is 2.45. The van der Waals surface area contributed by atoms with Gasteiger partial charge in [0.15, 0.2) is 5.13 Å². The first-order valence-corrected chi connectivity index (χ1v) is 13.6. The third-order valence-corrected chi connectivity index (χ3v) is 7.79. The number of fused-ring (bicyclic) bond motifs is 1. The second-order valence-corrected chi connectivity index (χ2v) is 10.7. The topological polar surface area (TPSA) is 89.0 Å². The molecule has 0 bridgehead atoms. The van der Waals surface area contributed by atoms with Crippen molar-refractivity contribution in [3.05, 3.63) is 88.0 Å². The molecule has 200 valence electrons. The van der Waals surface area contributed by atoms with Gasteiger partial charge in [-0.2, -0.15) is 0 Å². The molecule has 0 spiro atoms. The lowest BCUT2D eigenvalue weighted by Gasteiger charge is -2.23. The lowest BCUT2D eigenvalue weighted by molar-refractivity contribution is -0.132. The number of anilines is 1. The summed E-state index contributed by atoms with van der Waals surface area (Å²) in [6.45, 7) is 8.39. The first kappa shape index (κ1) is 26.4. The second kappa shape index (κ2) is 10.5. The normalized spacial score (nSPS) is 16.7. The van der Waals surface area contributed by atoms with Crippen LogP contribution in [0.4, 0.5) is 5.13 Å². The Balaban J connectivity index is 1.72. The summed E-state index contributed by atoms with van der Waals surface area (Å²) in [6, 6.07) is 15.6. The van der Waals surface area contributed by atoms with Gasteiger partial charge in [0.25, 0.3) is 5.78 Å². The van der Waals surface area contributed by atoms with E-state index in [9.17, 15) is 14.7 Å². The van der Waals surface area contributed by atoms with Gasteiger partial charge in [-0.3, -0.25) is 14.5 Å². The van der Waals surface area contributed by atoms with Crippen LogP contribution in [0.25, 0.3) is 16.0 Å². The number of aliphatic hydroxyl groups is 1. The third-order valence-electron chi connectivity index (χ3n) is 6.78. The average molecular weight is 543 g/mol. The van der Waals surface area contributed by atoms with Gasteiger partial charge in [0, 0.05) is 5.56 Å². The van der Waals surface area contributed by atoms with Gasteiger partial charge < -0.3 is 14.6 Å². The van der Waals surface area contributed by atoms with Crippen molar-refractivity contribution >= 4 is 44.1 Å². The molecule has 5 rings (SSSR count). The number of Topliss-reactive ketones (excluding diaryl/α,β-unsaturated/α-hetero) is 1. The number of methoxy groups -OCH3 is 1. The van der Waals surface area contributed by atoms with Crippen LogP contribution in [0.5, 0.6) is 11.5 Å². The number of hydrogen-bond acceptors (Lipinski definition) is 7. The number of ether oxygens (including phenoxy) is 2. The van der Waals surface area contributed by atoms with Crippen molar-refractivity contribution in [2.45, 2.75) is 40.2 Å². The maximum absolute atomic E-state index is 13.6. The number of amides is 1. The first-order valence-electron chi connectivity index (χ1n) is 12.8. The Kier molecular flexibility index (Phi) is 7.14. The SMILES string of the molecule is CCCOc1cccc([C@H]2/C(=C(\O)c3ccc(OC)c(C)c3)C(=O)C(=O)N2c2nc3c(C)cc(C)cc3s2)c1. The molecule has 1 saturated heterocycles. The zero-order chi connectivity index (χ0) is 27.8. The molecular formula is C31H30N2O5S. The van der Waals surface area contributed by atoms with Crippen molar-refractivity contribution in [3.63, 3.8) is 0 Å². The second-order valence-electron chi connectivity index (χ2n) is 9.70. The van der Waals surface area contributed by atoms with E-state index < -0.39 is 17.7 Å². The molecule has 0 unspecified atom stereocenters. The standard InChI is InChI=1S/C31H30N2O5S/c1-6-12-38-22-9-7-8-20(16-22)27-25(28(34)21-10-11-23(37-5)18(3)15-21)29(35)30(36)33(27)31-32-26-19(4)13-17(2)14-24(26)39-31/h7-11,13-16,27,34H,6,12H2,1-5H3/b28-25+/t27-/m0/s1. The average Bonchev–Trinajstić information content (AvgIpc) is 3.45. The molecular weight excluding hydrogens is 512 g/mol. The van der Waals surface area contributed by atoms with Crippen molar-refractivity contribution in [2.24, 2.45) is 0 Å². The van der Waals surface area contributed by atoms with Gasteiger partial charge in [-0.1, -0.05) is 36.5 Å². The Morgan fingerprint density at radius 2 is 1.85 bits per heavy atom. The minimum atomic E-state index is -0.889. The van der Waals surface area contributed by atoms with Crippen molar-refractivity contribution in [1.82, 2.24) is 4.98 Å². The quantitative estimate of drug-likeness (QED) is 0.160. The fraction of sp³-hybridized carbons (Fsp3) is 0.258. The minimum absolute atomic E-state index is 0.00404.